The van der Waals surface area contributed by atoms with E-state index < -0.39 is 12.0 Å². The van der Waals surface area contributed by atoms with Gasteiger partial charge >= 0.3 is 5.97 Å². The van der Waals surface area contributed by atoms with Gasteiger partial charge in [-0.25, -0.2) is 0 Å². The third-order valence-electron chi connectivity index (χ3n) is 2.02. The van der Waals surface area contributed by atoms with Crippen molar-refractivity contribution in [2.75, 3.05) is 0 Å². The van der Waals surface area contributed by atoms with E-state index in [1.807, 2.05) is 5.40 Å². The Labute approximate surface area is 96.5 Å². The van der Waals surface area contributed by atoms with Crippen molar-refractivity contribution in [2.24, 2.45) is 5.73 Å². The standard InChI is InChI=1S/C10H10N2O3S/c11-5-16-4-7-3-6(1-2-8(7)13)9(12)10(14)15/h1-3,9,13H,4,12H2,(H,14,15). The van der Waals surface area contributed by atoms with Gasteiger partial charge in [0, 0.05) is 11.3 Å². The number of thioether (sulfide) groups is 1. The number of phenolic OH excluding ortho intramolecular Hbond substituents is 1. The molecule has 16 heavy (non-hydrogen) atoms. The number of thiocyanates is 1. The zero-order valence-electron chi connectivity index (χ0n) is 8.25. The molecular weight excluding hydrogens is 228 g/mol. The molecule has 0 aliphatic heterocycles. The smallest absolute Gasteiger partial charge is 0.325 e. The first-order chi connectivity index (χ1) is 7.56. The highest BCUT2D eigenvalue weighted by Crippen LogP contribution is 2.25. The van der Waals surface area contributed by atoms with Gasteiger partial charge in [-0.1, -0.05) is 6.07 Å². The summed E-state index contributed by atoms with van der Waals surface area (Å²) in [6, 6.07) is 3.21. The van der Waals surface area contributed by atoms with Crippen LogP contribution in [0, 0.1) is 10.7 Å². The lowest BCUT2D eigenvalue weighted by atomic mass is 10.0. The molecule has 0 spiro atoms. The highest BCUT2D eigenvalue weighted by molar-refractivity contribution is 8.02. The first kappa shape index (κ1) is 12.4. The average Bonchev–Trinajstić information content (AvgIpc) is 2.27. The molecule has 5 nitrogen and oxygen atoms in total. The number of nitrogens with zero attached hydrogens (tertiary/aromatic N) is 1. The Morgan fingerprint density at radius 2 is 2.31 bits per heavy atom. The minimum Gasteiger partial charge on any atom is -0.508 e. The van der Waals surface area contributed by atoms with E-state index in [1.165, 1.54) is 18.2 Å². The quantitative estimate of drug-likeness (QED) is 0.680. The molecule has 1 unspecified atom stereocenters. The molecule has 0 amide bonds. The van der Waals surface area contributed by atoms with E-state index in [2.05, 4.69) is 0 Å². The predicted molar refractivity (Wildman–Crippen MR) is 59.6 cm³/mol. The molecule has 6 heteroatoms. The van der Waals surface area contributed by atoms with E-state index in [0.717, 1.165) is 11.8 Å². The maximum absolute atomic E-state index is 10.7. The third kappa shape index (κ3) is 2.89. The van der Waals surface area contributed by atoms with Gasteiger partial charge in [0.05, 0.1) is 0 Å². The summed E-state index contributed by atoms with van der Waals surface area (Å²) >= 11 is 0.961. The lowest BCUT2D eigenvalue weighted by molar-refractivity contribution is -0.138. The highest BCUT2D eigenvalue weighted by Gasteiger charge is 2.15. The molecule has 0 radical (unpaired) electrons. The zero-order valence-corrected chi connectivity index (χ0v) is 9.07. The maximum Gasteiger partial charge on any atom is 0.325 e. The summed E-state index contributed by atoms with van der Waals surface area (Å²) in [5, 5.41) is 28.5. The second kappa shape index (κ2) is 5.39. The van der Waals surface area contributed by atoms with Crippen LogP contribution in [-0.4, -0.2) is 16.2 Å². The molecule has 0 aromatic heterocycles. The number of aliphatic carboxylic acids is 1. The van der Waals surface area contributed by atoms with E-state index in [-0.39, 0.29) is 5.75 Å². The molecule has 0 heterocycles. The van der Waals surface area contributed by atoms with Crippen molar-refractivity contribution in [3.05, 3.63) is 29.3 Å². The molecule has 0 bridgehead atoms. The number of carbonyl (C=O) groups is 1. The molecule has 0 fully saturated rings. The largest absolute Gasteiger partial charge is 0.508 e. The van der Waals surface area contributed by atoms with Crippen LogP contribution < -0.4 is 5.73 Å². The number of nitrogens with two attached hydrogens (primary N) is 1. The number of aromatic hydroxyl groups is 1. The van der Waals surface area contributed by atoms with Crippen LogP contribution in [0.25, 0.3) is 0 Å². The normalized spacial score (nSPS) is 11.8. The Bertz CT molecular complexity index is 442. The average molecular weight is 238 g/mol. The van der Waals surface area contributed by atoms with Gasteiger partial charge in [0.2, 0.25) is 0 Å². The summed E-state index contributed by atoms with van der Waals surface area (Å²) < 4.78 is 0. The van der Waals surface area contributed by atoms with Crippen LogP contribution in [0.4, 0.5) is 0 Å². The van der Waals surface area contributed by atoms with E-state index in [0.29, 0.717) is 16.9 Å². The minimum atomic E-state index is -1.13. The Hall–Kier alpha value is -1.71. The van der Waals surface area contributed by atoms with E-state index in [4.69, 9.17) is 16.1 Å². The number of benzene rings is 1. The van der Waals surface area contributed by atoms with Crippen molar-refractivity contribution in [1.29, 1.82) is 5.26 Å². The summed E-state index contributed by atoms with van der Waals surface area (Å²) in [7, 11) is 0. The molecule has 0 saturated carbocycles. The van der Waals surface area contributed by atoms with Crippen molar-refractivity contribution < 1.29 is 15.0 Å². The number of carboxylic acid groups (broad SMARTS) is 1. The Morgan fingerprint density at radius 1 is 1.62 bits per heavy atom. The second-order valence-electron chi connectivity index (χ2n) is 3.08. The van der Waals surface area contributed by atoms with Crippen molar-refractivity contribution in [2.45, 2.75) is 11.8 Å². The first-order valence-electron chi connectivity index (χ1n) is 4.37. The van der Waals surface area contributed by atoms with Gasteiger partial charge in [-0.3, -0.25) is 4.79 Å². The van der Waals surface area contributed by atoms with Gasteiger partial charge < -0.3 is 15.9 Å². The third-order valence-corrected chi connectivity index (χ3v) is 2.61. The first-order valence-corrected chi connectivity index (χ1v) is 5.36. The van der Waals surface area contributed by atoms with Crippen LogP contribution >= 0.6 is 11.8 Å². The van der Waals surface area contributed by atoms with Crippen LogP contribution in [-0.2, 0) is 10.5 Å². The van der Waals surface area contributed by atoms with Gasteiger partial charge in [0.1, 0.15) is 17.2 Å². The molecule has 4 N–H and O–H groups in total. The number of phenols is 1. The van der Waals surface area contributed by atoms with Gasteiger partial charge in [0.25, 0.3) is 0 Å². The zero-order chi connectivity index (χ0) is 12.1. The summed E-state index contributed by atoms with van der Waals surface area (Å²) in [6.45, 7) is 0. The summed E-state index contributed by atoms with van der Waals surface area (Å²) in [6.07, 6.45) is 0. The fraction of sp³-hybridized carbons (Fsp3) is 0.200. The second-order valence-corrected chi connectivity index (χ2v) is 3.84. The summed E-state index contributed by atoms with van der Waals surface area (Å²) in [4.78, 5) is 10.7. The minimum absolute atomic E-state index is 0.0316. The number of hydrogen-bond acceptors (Lipinski definition) is 5. The van der Waals surface area contributed by atoms with E-state index in [1.54, 1.807) is 0 Å². The molecule has 0 aliphatic rings. The van der Waals surface area contributed by atoms with Crippen LogP contribution in [0.2, 0.25) is 0 Å². The number of carboxylic acids is 1. The molecule has 84 valence electrons. The molecule has 1 aromatic carbocycles. The fourth-order valence-electron chi connectivity index (χ4n) is 1.17. The van der Waals surface area contributed by atoms with Gasteiger partial charge in [0.15, 0.2) is 0 Å². The SMILES string of the molecule is N#CSCc1cc(C(N)C(=O)O)ccc1O. The number of nitriles is 1. The monoisotopic (exact) mass is 238 g/mol. The summed E-state index contributed by atoms with van der Waals surface area (Å²) in [5.41, 5.74) is 6.33. The Morgan fingerprint density at radius 3 is 2.88 bits per heavy atom. The number of hydrogen-bond donors (Lipinski definition) is 3. The molecular formula is C10H10N2O3S. The van der Waals surface area contributed by atoms with Gasteiger partial charge in [-0.05, 0) is 29.5 Å². The van der Waals surface area contributed by atoms with Crippen molar-refractivity contribution in [3.63, 3.8) is 0 Å². The topological polar surface area (TPSA) is 107 Å². The Balaban J connectivity index is 2.98. The lowest BCUT2D eigenvalue weighted by Crippen LogP contribution is -2.20. The van der Waals surface area contributed by atoms with Crippen molar-refractivity contribution in [3.8, 4) is 11.2 Å². The van der Waals surface area contributed by atoms with E-state index >= 15 is 0 Å². The summed E-state index contributed by atoms with van der Waals surface area (Å²) in [5.74, 6) is -0.809. The van der Waals surface area contributed by atoms with Crippen LogP contribution in [0.5, 0.6) is 5.75 Å². The van der Waals surface area contributed by atoms with Gasteiger partial charge in [-0.2, -0.15) is 5.26 Å². The molecule has 1 rings (SSSR count). The van der Waals surface area contributed by atoms with Crippen molar-refractivity contribution in [1.82, 2.24) is 0 Å². The highest BCUT2D eigenvalue weighted by atomic mass is 32.2. The van der Waals surface area contributed by atoms with E-state index in [9.17, 15) is 9.90 Å². The Kier molecular flexibility index (Phi) is 4.17. The maximum atomic E-state index is 10.7. The van der Waals surface area contributed by atoms with Crippen LogP contribution in [0.15, 0.2) is 18.2 Å². The predicted octanol–water partition coefficient (Wildman–Crippen LogP) is 1.19. The van der Waals surface area contributed by atoms with Crippen molar-refractivity contribution >= 4 is 17.7 Å². The fourth-order valence-corrected chi connectivity index (χ4v) is 1.62. The van der Waals surface area contributed by atoms with Crippen LogP contribution in [0.3, 0.4) is 0 Å². The molecule has 1 atom stereocenters. The van der Waals surface area contributed by atoms with Crippen LogP contribution in [0.1, 0.15) is 17.2 Å². The molecule has 0 aliphatic carbocycles. The number of rotatable bonds is 4. The lowest BCUT2D eigenvalue weighted by Gasteiger charge is -2.09. The molecule has 0 saturated heterocycles. The van der Waals surface area contributed by atoms with Gasteiger partial charge in [-0.15, -0.1) is 0 Å². The molecule has 1 aromatic rings.